The average molecular weight is 360 g/mol. The minimum Gasteiger partial charge on any atom is -0.343 e. The Morgan fingerprint density at radius 1 is 1.11 bits per heavy atom. The molecule has 2 heterocycles. The van der Waals surface area contributed by atoms with Crippen molar-refractivity contribution in [1.82, 2.24) is 4.57 Å². The number of amides is 1. The third-order valence-electron chi connectivity index (χ3n) is 5.61. The maximum absolute atomic E-state index is 13.1. The Balaban J connectivity index is 1.83. The molecule has 27 heavy (non-hydrogen) atoms. The van der Waals surface area contributed by atoms with Gasteiger partial charge in [0.05, 0.1) is 5.52 Å². The molecule has 138 valence electrons. The molecule has 0 spiro atoms. The third kappa shape index (κ3) is 2.76. The highest BCUT2D eigenvalue weighted by atomic mass is 16.2. The molecule has 1 unspecified atom stereocenters. The summed E-state index contributed by atoms with van der Waals surface area (Å²) in [7, 11) is 0. The maximum atomic E-state index is 13.1. The highest BCUT2D eigenvalue weighted by Crippen LogP contribution is 2.31. The van der Waals surface area contributed by atoms with Crippen LogP contribution in [0.15, 0.2) is 47.4 Å². The van der Waals surface area contributed by atoms with Crippen molar-refractivity contribution in [2.75, 3.05) is 5.32 Å². The number of hydrogen-bond donors (Lipinski definition) is 1. The molecule has 1 amide bonds. The molecule has 1 aliphatic rings. The summed E-state index contributed by atoms with van der Waals surface area (Å²) >= 11 is 0. The molecule has 0 aliphatic carbocycles. The Labute approximate surface area is 158 Å². The molecule has 4 heteroatoms. The Hall–Kier alpha value is -2.88. The highest BCUT2D eigenvalue weighted by Gasteiger charge is 2.24. The van der Waals surface area contributed by atoms with E-state index in [1.165, 1.54) is 5.56 Å². The van der Waals surface area contributed by atoms with Gasteiger partial charge in [-0.1, -0.05) is 44.2 Å². The lowest BCUT2D eigenvalue weighted by Gasteiger charge is -2.16. The molecule has 3 aromatic rings. The van der Waals surface area contributed by atoms with E-state index in [9.17, 15) is 9.59 Å². The second kappa shape index (κ2) is 6.69. The second-order valence-corrected chi connectivity index (χ2v) is 7.26. The quantitative estimate of drug-likeness (QED) is 0.745. The summed E-state index contributed by atoms with van der Waals surface area (Å²) < 4.78 is 2.08. The first-order valence-electron chi connectivity index (χ1n) is 9.64. The van der Waals surface area contributed by atoms with Crippen molar-refractivity contribution in [3.63, 3.8) is 0 Å². The molecule has 4 rings (SSSR count). The number of aryl methyl sites for hydroxylation is 2. The van der Waals surface area contributed by atoms with Crippen LogP contribution in [0.2, 0.25) is 0 Å². The standard InChI is InChI=1S/C23H24N2O2/c1-4-15-8-6-9-16(5-2)20(15)24-23(27)19-13-25-14(3)12-17-10-7-11-18(21(17)25)22(19)26/h6-11,13-14H,4-5,12H2,1-3H3,(H,24,27). The number of nitrogens with zero attached hydrogens (tertiary/aromatic N) is 1. The zero-order valence-electron chi connectivity index (χ0n) is 16.0. The number of pyridine rings is 1. The fraction of sp³-hybridized carbons (Fsp3) is 0.304. The van der Waals surface area contributed by atoms with Crippen LogP contribution in [-0.4, -0.2) is 10.5 Å². The average Bonchev–Trinajstić information content (AvgIpc) is 3.00. The summed E-state index contributed by atoms with van der Waals surface area (Å²) in [5.74, 6) is -0.328. The topological polar surface area (TPSA) is 51.1 Å². The van der Waals surface area contributed by atoms with E-state index >= 15 is 0 Å². The minimum absolute atomic E-state index is 0.193. The molecular weight excluding hydrogens is 336 g/mol. The van der Waals surface area contributed by atoms with Gasteiger partial charge in [0.15, 0.2) is 0 Å². The van der Waals surface area contributed by atoms with Gasteiger partial charge < -0.3 is 9.88 Å². The van der Waals surface area contributed by atoms with Crippen molar-refractivity contribution >= 4 is 22.5 Å². The minimum atomic E-state index is -0.328. The summed E-state index contributed by atoms with van der Waals surface area (Å²) in [5.41, 5.74) is 5.18. The van der Waals surface area contributed by atoms with Crippen molar-refractivity contribution in [1.29, 1.82) is 0 Å². The van der Waals surface area contributed by atoms with E-state index in [1.54, 1.807) is 6.20 Å². The summed E-state index contributed by atoms with van der Waals surface area (Å²) in [6, 6.07) is 12.1. The molecule has 0 saturated heterocycles. The first-order valence-corrected chi connectivity index (χ1v) is 9.64. The molecule has 0 fully saturated rings. The summed E-state index contributed by atoms with van der Waals surface area (Å²) in [6.07, 6.45) is 4.28. The zero-order chi connectivity index (χ0) is 19.1. The lowest BCUT2D eigenvalue weighted by molar-refractivity contribution is 0.102. The van der Waals surface area contributed by atoms with Gasteiger partial charge in [0.25, 0.3) is 5.91 Å². The predicted molar refractivity (Wildman–Crippen MR) is 110 cm³/mol. The molecule has 0 saturated carbocycles. The van der Waals surface area contributed by atoms with Crippen LogP contribution in [-0.2, 0) is 19.3 Å². The molecule has 1 aromatic heterocycles. The molecule has 4 nitrogen and oxygen atoms in total. The zero-order valence-corrected chi connectivity index (χ0v) is 16.0. The van der Waals surface area contributed by atoms with Crippen molar-refractivity contribution in [3.8, 4) is 0 Å². The molecule has 1 N–H and O–H groups in total. The van der Waals surface area contributed by atoms with Gasteiger partial charge in [-0.3, -0.25) is 9.59 Å². The van der Waals surface area contributed by atoms with Crippen LogP contribution in [0.4, 0.5) is 5.69 Å². The Morgan fingerprint density at radius 3 is 2.44 bits per heavy atom. The van der Waals surface area contributed by atoms with Crippen molar-refractivity contribution < 1.29 is 4.79 Å². The van der Waals surface area contributed by atoms with E-state index in [2.05, 4.69) is 36.7 Å². The van der Waals surface area contributed by atoms with Crippen molar-refractivity contribution in [2.24, 2.45) is 0 Å². The van der Waals surface area contributed by atoms with Gasteiger partial charge in [0, 0.05) is 23.3 Å². The van der Waals surface area contributed by atoms with Crippen LogP contribution in [0.5, 0.6) is 0 Å². The Kier molecular flexibility index (Phi) is 4.34. The monoisotopic (exact) mass is 360 g/mol. The fourth-order valence-electron chi connectivity index (χ4n) is 4.16. The fourth-order valence-corrected chi connectivity index (χ4v) is 4.16. The predicted octanol–water partition coefficient (Wildman–Crippen LogP) is 4.50. The summed E-state index contributed by atoms with van der Waals surface area (Å²) in [6.45, 7) is 6.26. The third-order valence-corrected chi connectivity index (χ3v) is 5.61. The van der Waals surface area contributed by atoms with Gasteiger partial charge >= 0.3 is 0 Å². The number of rotatable bonds is 4. The van der Waals surface area contributed by atoms with Crippen LogP contribution in [0.25, 0.3) is 10.9 Å². The first-order chi connectivity index (χ1) is 13.0. The van der Waals surface area contributed by atoms with E-state index < -0.39 is 0 Å². The normalized spacial score (nSPS) is 15.3. The van der Waals surface area contributed by atoms with Crippen LogP contribution in [0.1, 0.15) is 53.9 Å². The van der Waals surface area contributed by atoms with E-state index in [4.69, 9.17) is 0 Å². The maximum Gasteiger partial charge on any atom is 0.261 e. The van der Waals surface area contributed by atoms with Gasteiger partial charge in [-0.2, -0.15) is 0 Å². The number of carbonyl (C=O) groups excluding carboxylic acids is 1. The SMILES string of the molecule is CCc1cccc(CC)c1NC(=O)c1cn2c3c(cccc3c1=O)CC2C. The molecular formula is C23H24N2O2. The van der Waals surface area contributed by atoms with Gasteiger partial charge in [-0.15, -0.1) is 0 Å². The molecule has 2 aromatic carbocycles. The number of nitrogens with one attached hydrogen (secondary N) is 1. The van der Waals surface area contributed by atoms with E-state index in [0.717, 1.165) is 41.6 Å². The largest absolute Gasteiger partial charge is 0.343 e. The lowest BCUT2D eigenvalue weighted by atomic mass is 10.0. The Bertz CT molecular complexity index is 1090. The number of anilines is 1. The van der Waals surface area contributed by atoms with Gasteiger partial charge in [0.2, 0.25) is 5.43 Å². The second-order valence-electron chi connectivity index (χ2n) is 7.26. The van der Waals surface area contributed by atoms with Crippen LogP contribution in [0.3, 0.4) is 0 Å². The molecule has 1 aliphatic heterocycles. The van der Waals surface area contributed by atoms with Gasteiger partial charge in [-0.25, -0.2) is 0 Å². The number of carbonyl (C=O) groups is 1. The van der Waals surface area contributed by atoms with Crippen LogP contribution < -0.4 is 10.7 Å². The lowest BCUT2D eigenvalue weighted by Crippen LogP contribution is -2.24. The molecule has 0 radical (unpaired) electrons. The first kappa shape index (κ1) is 17.5. The van der Waals surface area contributed by atoms with E-state index in [1.807, 2.05) is 30.3 Å². The van der Waals surface area contributed by atoms with Crippen molar-refractivity contribution in [2.45, 2.75) is 46.1 Å². The Morgan fingerprint density at radius 2 is 1.78 bits per heavy atom. The molecule has 1 atom stereocenters. The number of aromatic nitrogens is 1. The number of benzene rings is 2. The van der Waals surface area contributed by atoms with Gasteiger partial charge in [0.1, 0.15) is 5.56 Å². The highest BCUT2D eigenvalue weighted by molar-refractivity contribution is 6.06. The van der Waals surface area contributed by atoms with Gasteiger partial charge in [-0.05, 0) is 48.9 Å². The van der Waals surface area contributed by atoms with Crippen LogP contribution in [0, 0.1) is 0 Å². The van der Waals surface area contributed by atoms with Crippen LogP contribution >= 0.6 is 0 Å². The number of hydrogen-bond acceptors (Lipinski definition) is 2. The van der Waals surface area contributed by atoms with E-state index in [-0.39, 0.29) is 22.9 Å². The molecule has 0 bridgehead atoms. The smallest absolute Gasteiger partial charge is 0.261 e. The van der Waals surface area contributed by atoms with E-state index in [0.29, 0.717) is 5.39 Å². The van der Waals surface area contributed by atoms with Crippen molar-refractivity contribution in [3.05, 3.63) is 75.1 Å². The number of para-hydroxylation sites is 2. The summed E-state index contributed by atoms with van der Waals surface area (Å²) in [4.78, 5) is 26.1. The summed E-state index contributed by atoms with van der Waals surface area (Å²) in [5, 5.41) is 3.66.